The van der Waals surface area contributed by atoms with Crippen molar-refractivity contribution in [3.05, 3.63) is 126 Å². The van der Waals surface area contributed by atoms with Crippen LogP contribution in [-0.2, 0) is 32.6 Å². The molecule has 0 aromatic heterocycles. The van der Waals surface area contributed by atoms with Gasteiger partial charge >= 0.3 is 0 Å². The van der Waals surface area contributed by atoms with Gasteiger partial charge in [0.15, 0.2) is 0 Å². The van der Waals surface area contributed by atoms with Gasteiger partial charge in [-0.2, -0.15) is 0 Å². The van der Waals surface area contributed by atoms with Crippen molar-refractivity contribution in [3.8, 4) is 5.75 Å². The van der Waals surface area contributed by atoms with Gasteiger partial charge in [-0.15, -0.1) is 0 Å². The van der Waals surface area contributed by atoms with E-state index in [-0.39, 0.29) is 29.5 Å². The highest BCUT2D eigenvalue weighted by Gasteiger charge is 2.34. The normalized spacial score (nSPS) is 11.8. The van der Waals surface area contributed by atoms with E-state index in [0.717, 1.165) is 33.1 Å². The summed E-state index contributed by atoms with van der Waals surface area (Å²) in [4.78, 5) is 29.5. The molecule has 0 heterocycles. The van der Waals surface area contributed by atoms with Gasteiger partial charge in [0, 0.05) is 19.5 Å². The smallest absolute Gasteiger partial charge is 0.264 e. The van der Waals surface area contributed by atoms with Crippen molar-refractivity contribution in [1.82, 2.24) is 10.2 Å². The quantitative estimate of drug-likeness (QED) is 0.174. The topological polar surface area (TPSA) is 96.0 Å². The molecular formula is C36H40FN3O5S. The van der Waals surface area contributed by atoms with Gasteiger partial charge in [0.1, 0.15) is 24.2 Å². The van der Waals surface area contributed by atoms with Crippen LogP contribution in [0.1, 0.15) is 37.0 Å². The van der Waals surface area contributed by atoms with Crippen molar-refractivity contribution in [2.24, 2.45) is 0 Å². The number of carbonyl (C=O) groups is 2. The molecule has 242 valence electrons. The molecule has 10 heteroatoms. The predicted molar refractivity (Wildman–Crippen MR) is 178 cm³/mol. The van der Waals surface area contributed by atoms with Crippen LogP contribution in [0.4, 0.5) is 10.1 Å². The minimum absolute atomic E-state index is 0.0660. The largest absolute Gasteiger partial charge is 0.494 e. The molecule has 8 nitrogen and oxygen atoms in total. The minimum atomic E-state index is -4.32. The molecule has 0 saturated heterocycles. The van der Waals surface area contributed by atoms with Gasteiger partial charge < -0.3 is 15.0 Å². The number of benzene rings is 4. The van der Waals surface area contributed by atoms with Crippen LogP contribution < -0.4 is 14.4 Å². The van der Waals surface area contributed by atoms with Gasteiger partial charge in [-0.1, -0.05) is 67.1 Å². The third-order valence-corrected chi connectivity index (χ3v) is 9.20. The summed E-state index contributed by atoms with van der Waals surface area (Å²) in [6.45, 7) is 5.99. The van der Waals surface area contributed by atoms with Crippen LogP contribution in [0.2, 0.25) is 0 Å². The van der Waals surface area contributed by atoms with E-state index in [1.165, 1.54) is 29.2 Å². The lowest BCUT2D eigenvalue weighted by Crippen LogP contribution is -2.53. The zero-order valence-electron chi connectivity index (χ0n) is 26.4. The zero-order valence-corrected chi connectivity index (χ0v) is 27.2. The number of aryl methyl sites for hydroxylation is 1. The van der Waals surface area contributed by atoms with Gasteiger partial charge in [0.2, 0.25) is 11.8 Å². The maximum atomic E-state index is 14.4. The lowest BCUT2D eigenvalue weighted by Gasteiger charge is -2.34. The van der Waals surface area contributed by atoms with Crippen LogP contribution in [-0.4, -0.2) is 50.9 Å². The number of amides is 2. The fourth-order valence-corrected chi connectivity index (χ4v) is 6.36. The third-order valence-electron chi connectivity index (χ3n) is 7.41. The van der Waals surface area contributed by atoms with E-state index in [1.54, 1.807) is 12.1 Å². The summed E-state index contributed by atoms with van der Waals surface area (Å²) in [5.41, 5.74) is 2.77. The van der Waals surface area contributed by atoms with Gasteiger partial charge in [-0.25, -0.2) is 12.8 Å². The average molecular weight is 646 g/mol. The van der Waals surface area contributed by atoms with Crippen LogP contribution in [0.3, 0.4) is 0 Å². The highest BCUT2D eigenvalue weighted by Crippen LogP contribution is 2.27. The highest BCUT2D eigenvalue weighted by molar-refractivity contribution is 7.92. The Morgan fingerprint density at radius 1 is 0.848 bits per heavy atom. The molecule has 1 N–H and O–H groups in total. The maximum absolute atomic E-state index is 14.4. The number of ether oxygens (including phenoxy) is 1. The Bertz CT molecular complexity index is 1680. The molecule has 0 fully saturated rings. The van der Waals surface area contributed by atoms with Crippen molar-refractivity contribution in [3.63, 3.8) is 0 Å². The lowest BCUT2D eigenvalue weighted by atomic mass is 10.0. The Balaban J connectivity index is 1.78. The monoisotopic (exact) mass is 645 g/mol. The summed E-state index contributed by atoms with van der Waals surface area (Å²) >= 11 is 0. The van der Waals surface area contributed by atoms with E-state index >= 15 is 0 Å². The maximum Gasteiger partial charge on any atom is 0.264 e. The number of hydrogen-bond acceptors (Lipinski definition) is 5. The molecule has 0 aliphatic carbocycles. The fourth-order valence-electron chi connectivity index (χ4n) is 4.95. The lowest BCUT2D eigenvalue weighted by molar-refractivity contribution is -0.140. The molecule has 0 saturated carbocycles. The number of carbonyl (C=O) groups excluding carboxylic acids is 2. The van der Waals surface area contributed by atoms with E-state index < -0.39 is 34.3 Å². The second kappa shape index (κ2) is 16.0. The first-order valence-corrected chi connectivity index (χ1v) is 16.7. The first-order chi connectivity index (χ1) is 22.1. The molecule has 0 spiro atoms. The summed E-state index contributed by atoms with van der Waals surface area (Å²) < 4.78 is 48.6. The van der Waals surface area contributed by atoms with E-state index in [2.05, 4.69) is 5.32 Å². The Kier molecular flexibility index (Phi) is 11.9. The van der Waals surface area contributed by atoms with Crippen LogP contribution >= 0.6 is 0 Å². The van der Waals surface area contributed by atoms with Gasteiger partial charge in [-0.05, 0) is 79.9 Å². The molecule has 2 amide bonds. The standard InChI is InChI=1S/C36H40FN3O5S/c1-4-23-38-36(42)34(24-28-9-7-6-8-10-28)39(25-29-13-11-27(3)12-14-29)35(41)26-40(31-17-15-30(37)16-18-31)46(43,44)33-21-19-32(20-22-33)45-5-2/h6-22,34H,4-5,23-26H2,1-3H3,(H,38,42)/t34-/m1/s1. The van der Waals surface area contributed by atoms with Crippen molar-refractivity contribution in [1.29, 1.82) is 0 Å². The Hall–Kier alpha value is -4.70. The van der Waals surface area contributed by atoms with Crippen LogP contribution in [0.25, 0.3) is 0 Å². The summed E-state index contributed by atoms with van der Waals surface area (Å²) in [6.07, 6.45) is 0.921. The molecule has 0 unspecified atom stereocenters. The summed E-state index contributed by atoms with van der Waals surface area (Å²) in [6, 6.07) is 26.8. The number of rotatable bonds is 15. The average Bonchev–Trinajstić information content (AvgIpc) is 3.06. The van der Waals surface area contributed by atoms with Crippen LogP contribution in [0.15, 0.2) is 108 Å². The Morgan fingerprint density at radius 3 is 2.11 bits per heavy atom. The van der Waals surface area contributed by atoms with E-state index in [1.807, 2.05) is 75.4 Å². The number of hydrogen-bond donors (Lipinski definition) is 1. The number of halogens is 1. The molecule has 46 heavy (non-hydrogen) atoms. The number of anilines is 1. The van der Waals surface area contributed by atoms with Crippen molar-refractivity contribution in [2.75, 3.05) is 24.0 Å². The molecular weight excluding hydrogens is 605 g/mol. The van der Waals surface area contributed by atoms with Crippen molar-refractivity contribution in [2.45, 2.75) is 51.1 Å². The van der Waals surface area contributed by atoms with E-state index in [9.17, 15) is 22.4 Å². The molecule has 0 aliphatic rings. The Labute approximate surface area is 270 Å². The van der Waals surface area contributed by atoms with Gasteiger partial charge in [-0.3, -0.25) is 13.9 Å². The van der Waals surface area contributed by atoms with Crippen molar-refractivity contribution >= 4 is 27.5 Å². The van der Waals surface area contributed by atoms with Crippen LogP contribution in [0, 0.1) is 12.7 Å². The first kappa shape index (κ1) is 34.2. The van der Waals surface area contributed by atoms with E-state index in [0.29, 0.717) is 25.3 Å². The molecule has 4 aromatic rings. The summed E-state index contributed by atoms with van der Waals surface area (Å²) in [5, 5.41) is 2.93. The molecule has 0 aliphatic heterocycles. The number of nitrogens with zero attached hydrogens (tertiary/aromatic N) is 2. The molecule has 4 rings (SSSR count). The molecule has 4 aromatic carbocycles. The minimum Gasteiger partial charge on any atom is -0.494 e. The third kappa shape index (κ3) is 8.94. The molecule has 0 radical (unpaired) electrons. The predicted octanol–water partition coefficient (Wildman–Crippen LogP) is 5.89. The number of sulfonamides is 1. The first-order valence-electron chi connectivity index (χ1n) is 15.3. The van der Waals surface area contributed by atoms with E-state index in [4.69, 9.17) is 4.74 Å². The second-order valence-corrected chi connectivity index (χ2v) is 12.8. The molecule has 0 bridgehead atoms. The Morgan fingerprint density at radius 2 is 1.50 bits per heavy atom. The second-order valence-electron chi connectivity index (χ2n) is 10.9. The fraction of sp³-hybridized carbons (Fsp3) is 0.278. The summed E-state index contributed by atoms with van der Waals surface area (Å²) in [7, 11) is -4.32. The van der Waals surface area contributed by atoms with Crippen LogP contribution in [0.5, 0.6) is 5.75 Å². The van der Waals surface area contributed by atoms with Gasteiger partial charge in [0.05, 0.1) is 17.2 Å². The highest BCUT2D eigenvalue weighted by atomic mass is 32.2. The van der Waals surface area contributed by atoms with Gasteiger partial charge in [0.25, 0.3) is 10.0 Å². The SMILES string of the molecule is CCCNC(=O)[C@@H](Cc1ccccc1)N(Cc1ccc(C)cc1)C(=O)CN(c1ccc(F)cc1)S(=O)(=O)c1ccc(OCC)cc1. The number of nitrogens with one attached hydrogen (secondary N) is 1. The molecule has 1 atom stereocenters. The zero-order chi connectivity index (χ0) is 33.1. The van der Waals surface area contributed by atoms with Crippen molar-refractivity contribution < 1.29 is 27.1 Å². The summed E-state index contributed by atoms with van der Waals surface area (Å²) in [5.74, 6) is -0.983.